The smallest absolute Gasteiger partial charge is 0.229 e. The van der Waals surface area contributed by atoms with Crippen LogP contribution in [0.1, 0.15) is 44.7 Å². The van der Waals surface area contributed by atoms with Crippen molar-refractivity contribution in [3.63, 3.8) is 0 Å². The quantitative estimate of drug-likeness (QED) is 0.446. The van der Waals surface area contributed by atoms with Crippen molar-refractivity contribution >= 4 is 6.08 Å². The van der Waals surface area contributed by atoms with Gasteiger partial charge in [-0.05, 0) is 43.0 Å². The molecule has 1 saturated heterocycles. The molecule has 1 aliphatic heterocycles. The molecule has 29 heavy (non-hydrogen) atoms. The summed E-state index contributed by atoms with van der Waals surface area (Å²) in [6.45, 7) is 6.52. The fraction of sp³-hybridized carbons (Fsp3) is 0.571. The maximum atomic E-state index is 12.7. The Bertz CT molecular complexity index is 781. The van der Waals surface area contributed by atoms with Gasteiger partial charge in [0, 0.05) is 0 Å². The largest absolute Gasteiger partial charge is 0.458 e. The van der Waals surface area contributed by atoms with Crippen molar-refractivity contribution in [3.05, 3.63) is 45.6 Å². The van der Waals surface area contributed by atoms with Gasteiger partial charge in [0.05, 0.1) is 12.2 Å². The van der Waals surface area contributed by atoms with E-state index in [1.807, 2.05) is 13.8 Å². The summed E-state index contributed by atoms with van der Waals surface area (Å²) in [7, 11) is 0. The summed E-state index contributed by atoms with van der Waals surface area (Å²) in [5.41, 5.74) is -0.0471. The van der Waals surface area contributed by atoms with Crippen molar-refractivity contribution < 1.29 is 35.0 Å². The second-order valence-electron chi connectivity index (χ2n) is 8.07. The van der Waals surface area contributed by atoms with Crippen molar-refractivity contribution in [1.82, 2.24) is 0 Å². The van der Waals surface area contributed by atoms with Gasteiger partial charge in [-0.1, -0.05) is 32.1 Å². The maximum Gasteiger partial charge on any atom is 0.229 e. The maximum absolute atomic E-state index is 12.7. The third-order valence-corrected chi connectivity index (χ3v) is 4.66. The zero-order valence-electron chi connectivity index (χ0n) is 17.0. The van der Waals surface area contributed by atoms with Gasteiger partial charge in [0.15, 0.2) is 5.75 Å². The summed E-state index contributed by atoms with van der Waals surface area (Å²) in [6, 6.07) is 4.48. The third-order valence-electron chi connectivity index (χ3n) is 4.66. The van der Waals surface area contributed by atoms with Gasteiger partial charge < -0.3 is 35.0 Å². The molecule has 2 rings (SSSR count). The number of rotatable bonds is 6. The monoisotopic (exact) mass is 410 g/mol. The molecule has 5 N–H and O–H groups in total. The lowest BCUT2D eigenvalue weighted by atomic mass is 9.98. The van der Waals surface area contributed by atoms with Crippen molar-refractivity contribution in [2.45, 2.75) is 69.9 Å². The van der Waals surface area contributed by atoms with Gasteiger partial charge in [-0.15, -0.1) is 0 Å². The molecule has 162 valence electrons. The zero-order chi connectivity index (χ0) is 21.9. The van der Waals surface area contributed by atoms with Gasteiger partial charge in [-0.3, -0.25) is 4.79 Å². The van der Waals surface area contributed by atoms with Crippen LogP contribution in [0.5, 0.6) is 5.75 Å². The molecule has 0 aliphatic carbocycles. The van der Waals surface area contributed by atoms with E-state index in [1.54, 1.807) is 32.1 Å². The van der Waals surface area contributed by atoms with Crippen molar-refractivity contribution in [2.24, 2.45) is 0 Å². The van der Waals surface area contributed by atoms with Crippen LogP contribution in [-0.2, 0) is 4.74 Å². The first-order valence-electron chi connectivity index (χ1n) is 9.51. The van der Waals surface area contributed by atoms with E-state index in [4.69, 9.17) is 9.47 Å². The fourth-order valence-electron chi connectivity index (χ4n) is 2.97. The average Bonchev–Trinajstić information content (AvgIpc) is 2.79. The molecule has 0 bridgehead atoms. The molecule has 8 nitrogen and oxygen atoms in total. The Labute approximate surface area is 169 Å². The topological polar surface area (TPSA) is 137 Å². The van der Waals surface area contributed by atoms with E-state index in [1.165, 1.54) is 12.1 Å². The highest BCUT2D eigenvalue weighted by Gasteiger charge is 2.44. The van der Waals surface area contributed by atoms with Crippen LogP contribution in [0.4, 0.5) is 0 Å². The van der Waals surface area contributed by atoms with Crippen LogP contribution in [0.15, 0.2) is 29.1 Å². The lowest BCUT2D eigenvalue weighted by molar-refractivity contribution is -0.277. The first-order chi connectivity index (χ1) is 13.4. The Morgan fingerprint density at radius 2 is 1.83 bits per heavy atom. The molecule has 0 saturated carbocycles. The Morgan fingerprint density at radius 3 is 2.38 bits per heavy atom. The summed E-state index contributed by atoms with van der Waals surface area (Å²) in [6.07, 6.45) is -3.99. The highest BCUT2D eigenvalue weighted by atomic mass is 16.7. The first kappa shape index (κ1) is 23.5. The minimum atomic E-state index is -1.61. The van der Waals surface area contributed by atoms with E-state index in [-0.39, 0.29) is 11.7 Å². The molecule has 1 heterocycles. The second kappa shape index (κ2) is 9.34. The molecular formula is C21H30O8. The Morgan fingerprint density at radius 1 is 1.17 bits per heavy atom. The summed E-state index contributed by atoms with van der Waals surface area (Å²) < 4.78 is 10.8. The van der Waals surface area contributed by atoms with Crippen LogP contribution in [-0.4, -0.2) is 68.4 Å². The predicted molar refractivity (Wildman–Crippen MR) is 107 cm³/mol. The van der Waals surface area contributed by atoms with E-state index >= 15 is 0 Å². The highest BCUT2D eigenvalue weighted by Crippen LogP contribution is 2.25. The Hall–Kier alpha value is -1.81. The minimum absolute atomic E-state index is 0.0108. The lowest BCUT2D eigenvalue weighted by Crippen LogP contribution is -2.60. The number of aliphatic hydroxyl groups excluding tert-OH is 4. The van der Waals surface area contributed by atoms with Crippen LogP contribution < -0.4 is 10.2 Å². The van der Waals surface area contributed by atoms with Crippen LogP contribution in [0.25, 0.3) is 6.08 Å². The lowest BCUT2D eigenvalue weighted by Gasteiger charge is -2.39. The van der Waals surface area contributed by atoms with Gasteiger partial charge in [0.25, 0.3) is 0 Å². The standard InChI is InChI=1S/C21H30O8/c1-11(2)13-9-14(23)15(6-5-12(13)7-8-21(3,4)27)28-20-19(26)18(25)17(24)16(10-22)29-20/h5-9,11,16-20,22,24-27H,10H2,1-4H3. The van der Waals surface area contributed by atoms with E-state index in [0.717, 1.165) is 5.56 Å². The minimum Gasteiger partial charge on any atom is -0.458 e. The van der Waals surface area contributed by atoms with Gasteiger partial charge in [-0.25, -0.2) is 0 Å². The molecule has 5 unspecified atom stereocenters. The van der Waals surface area contributed by atoms with Crippen molar-refractivity contribution in [3.8, 4) is 5.75 Å². The summed E-state index contributed by atoms with van der Waals surface area (Å²) in [4.78, 5) is 12.7. The zero-order valence-corrected chi connectivity index (χ0v) is 17.0. The Balaban J connectivity index is 2.40. The molecule has 1 fully saturated rings. The molecule has 0 spiro atoms. The van der Waals surface area contributed by atoms with E-state index in [2.05, 4.69) is 0 Å². The molecule has 0 radical (unpaired) electrons. The number of hydrogen-bond acceptors (Lipinski definition) is 8. The highest BCUT2D eigenvalue weighted by molar-refractivity contribution is 5.56. The normalized spacial score (nSPS) is 28.1. The van der Waals surface area contributed by atoms with Gasteiger partial charge in [-0.2, -0.15) is 0 Å². The molecule has 1 aromatic rings. The number of aliphatic hydroxyl groups is 5. The van der Waals surface area contributed by atoms with Crippen molar-refractivity contribution in [2.75, 3.05) is 6.61 Å². The number of hydrogen-bond donors (Lipinski definition) is 5. The van der Waals surface area contributed by atoms with Gasteiger partial charge in [0.1, 0.15) is 24.4 Å². The van der Waals surface area contributed by atoms with E-state index < -0.39 is 48.3 Å². The molecule has 1 aromatic carbocycles. The van der Waals surface area contributed by atoms with Crippen LogP contribution in [0.2, 0.25) is 0 Å². The molecule has 1 aliphatic rings. The average molecular weight is 410 g/mol. The molecular weight excluding hydrogens is 380 g/mol. The number of ether oxygens (including phenoxy) is 2. The van der Waals surface area contributed by atoms with E-state index in [0.29, 0.717) is 5.56 Å². The third kappa shape index (κ3) is 5.85. The summed E-state index contributed by atoms with van der Waals surface area (Å²) in [5.74, 6) is -0.115. The summed E-state index contributed by atoms with van der Waals surface area (Å²) >= 11 is 0. The summed E-state index contributed by atoms with van der Waals surface area (Å²) in [5, 5.41) is 49.1. The molecule has 0 aromatic heterocycles. The fourth-order valence-corrected chi connectivity index (χ4v) is 2.97. The molecule has 0 amide bonds. The van der Waals surface area contributed by atoms with Crippen LogP contribution >= 0.6 is 0 Å². The second-order valence-corrected chi connectivity index (χ2v) is 8.07. The van der Waals surface area contributed by atoms with Crippen LogP contribution in [0.3, 0.4) is 0 Å². The van der Waals surface area contributed by atoms with E-state index in [9.17, 15) is 30.3 Å². The predicted octanol–water partition coefficient (Wildman–Crippen LogP) is 0.133. The molecule has 8 heteroatoms. The SMILES string of the molecule is CC(C)c1cc(=O)c(OC2OC(CO)C(O)C(O)C2O)ccc1C=CC(C)(C)O. The van der Waals surface area contributed by atoms with Gasteiger partial charge in [0.2, 0.25) is 11.7 Å². The molecule has 5 atom stereocenters. The first-order valence-corrected chi connectivity index (χ1v) is 9.51. The van der Waals surface area contributed by atoms with Crippen molar-refractivity contribution in [1.29, 1.82) is 0 Å². The van der Waals surface area contributed by atoms with Crippen LogP contribution in [0, 0.1) is 0 Å². The Kier molecular flexibility index (Phi) is 7.56. The van der Waals surface area contributed by atoms with Gasteiger partial charge >= 0.3 is 0 Å².